The summed E-state index contributed by atoms with van der Waals surface area (Å²) in [7, 11) is -3.67. The normalized spacial score (nSPS) is 20.4. The standard InChI is InChI=1S/C10H20N2O4S/c1-8(2)9(10(13)14)11-17(15,16)12-6-4-3-5-7-12/h8-9,11H,3-7H2,1-2H3,(H,13,14). The fourth-order valence-electron chi connectivity index (χ4n) is 1.81. The molecule has 0 bridgehead atoms. The minimum Gasteiger partial charge on any atom is -0.480 e. The van der Waals surface area contributed by atoms with E-state index in [1.165, 1.54) is 4.31 Å². The van der Waals surface area contributed by atoms with Crippen LogP contribution in [0.15, 0.2) is 0 Å². The van der Waals surface area contributed by atoms with Crippen molar-refractivity contribution < 1.29 is 18.3 Å². The number of nitrogens with one attached hydrogen (secondary N) is 1. The SMILES string of the molecule is CC(C)C(NS(=O)(=O)N1CCCCC1)C(=O)O. The Kier molecular flexibility index (Phi) is 4.91. The third-order valence-electron chi connectivity index (χ3n) is 2.86. The molecule has 1 aliphatic heterocycles. The van der Waals surface area contributed by atoms with E-state index in [9.17, 15) is 13.2 Å². The fraction of sp³-hybridized carbons (Fsp3) is 0.900. The molecule has 1 heterocycles. The first-order valence-corrected chi connectivity index (χ1v) is 7.29. The number of aliphatic carboxylic acids is 1. The molecule has 2 N–H and O–H groups in total. The van der Waals surface area contributed by atoms with Gasteiger partial charge in [0, 0.05) is 13.1 Å². The molecular weight excluding hydrogens is 244 g/mol. The van der Waals surface area contributed by atoms with Gasteiger partial charge in [-0.2, -0.15) is 17.4 Å². The van der Waals surface area contributed by atoms with Crippen LogP contribution in [0.2, 0.25) is 0 Å². The predicted octanol–water partition coefficient (Wildman–Crippen LogP) is 0.416. The lowest BCUT2D eigenvalue weighted by Crippen LogP contribution is -2.51. The average Bonchev–Trinajstić information content (AvgIpc) is 2.26. The summed E-state index contributed by atoms with van der Waals surface area (Å²) in [6.07, 6.45) is 2.69. The van der Waals surface area contributed by atoms with Gasteiger partial charge in [0.2, 0.25) is 0 Å². The van der Waals surface area contributed by atoms with Gasteiger partial charge in [-0.15, -0.1) is 0 Å². The molecule has 1 atom stereocenters. The molecule has 1 fully saturated rings. The van der Waals surface area contributed by atoms with Gasteiger partial charge in [0.15, 0.2) is 0 Å². The zero-order chi connectivity index (χ0) is 13.1. The maximum absolute atomic E-state index is 12.0. The first-order valence-electron chi connectivity index (χ1n) is 5.85. The Balaban J connectivity index is 2.73. The van der Waals surface area contributed by atoms with Crippen molar-refractivity contribution >= 4 is 16.2 Å². The van der Waals surface area contributed by atoms with E-state index in [1.807, 2.05) is 0 Å². The largest absolute Gasteiger partial charge is 0.480 e. The van der Waals surface area contributed by atoms with Crippen molar-refractivity contribution in [3.05, 3.63) is 0 Å². The van der Waals surface area contributed by atoms with Crippen molar-refractivity contribution in [2.45, 2.75) is 39.2 Å². The molecule has 0 spiro atoms. The first-order chi connectivity index (χ1) is 7.84. The van der Waals surface area contributed by atoms with E-state index in [1.54, 1.807) is 13.8 Å². The number of carboxylic acids is 1. The molecule has 7 heteroatoms. The number of carboxylic acid groups (broad SMARTS) is 1. The van der Waals surface area contributed by atoms with Crippen molar-refractivity contribution in [2.75, 3.05) is 13.1 Å². The van der Waals surface area contributed by atoms with Crippen LogP contribution in [0.4, 0.5) is 0 Å². The van der Waals surface area contributed by atoms with E-state index < -0.39 is 22.2 Å². The summed E-state index contributed by atoms with van der Waals surface area (Å²) in [5.74, 6) is -1.42. The van der Waals surface area contributed by atoms with E-state index in [-0.39, 0.29) is 5.92 Å². The van der Waals surface area contributed by atoms with Gasteiger partial charge in [-0.3, -0.25) is 4.79 Å². The Hall–Kier alpha value is -0.660. The minimum absolute atomic E-state index is 0.285. The summed E-state index contributed by atoms with van der Waals surface area (Å²) in [5.41, 5.74) is 0. The molecule has 0 aromatic rings. The highest BCUT2D eigenvalue weighted by Crippen LogP contribution is 2.13. The van der Waals surface area contributed by atoms with Crippen LogP contribution in [0.3, 0.4) is 0 Å². The maximum atomic E-state index is 12.0. The fourth-order valence-corrected chi connectivity index (χ4v) is 3.39. The zero-order valence-corrected chi connectivity index (χ0v) is 11.0. The van der Waals surface area contributed by atoms with E-state index >= 15 is 0 Å². The Morgan fingerprint density at radius 3 is 2.18 bits per heavy atom. The number of nitrogens with zero attached hydrogens (tertiary/aromatic N) is 1. The highest BCUT2D eigenvalue weighted by atomic mass is 32.2. The maximum Gasteiger partial charge on any atom is 0.322 e. The van der Waals surface area contributed by atoms with Crippen LogP contribution in [0.1, 0.15) is 33.1 Å². The third-order valence-corrected chi connectivity index (χ3v) is 4.46. The highest BCUT2D eigenvalue weighted by Gasteiger charge is 2.31. The lowest BCUT2D eigenvalue weighted by molar-refractivity contribution is -0.140. The molecule has 1 saturated heterocycles. The second-order valence-electron chi connectivity index (χ2n) is 4.64. The monoisotopic (exact) mass is 264 g/mol. The minimum atomic E-state index is -3.67. The van der Waals surface area contributed by atoms with Gasteiger partial charge in [0.05, 0.1) is 0 Å². The molecule has 17 heavy (non-hydrogen) atoms. The molecule has 0 aliphatic carbocycles. The predicted molar refractivity (Wildman–Crippen MR) is 63.7 cm³/mol. The quantitative estimate of drug-likeness (QED) is 0.753. The van der Waals surface area contributed by atoms with Crippen LogP contribution >= 0.6 is 0 Å². The van der Waals surface area contributed by atoms with Crippen LogP contribution in [-0.2, 0) is 15.0 Å². The van der Waals surface area contributed by atoms with Crippen LogP contribution < -0.4 is 4.72 Å². The van der Waals surface area contributed by atoms with Gasteiger partial charge in [-0.05, 0) is 18.8 Å². The van der Waals surface area contributed by atoms with Crippen LogP contribution in [0.5, 0.6) is 0 Å². The van der Waals surface area contributed by atoms with E-state index in [2.05, 4.69) is 4.72 Å². The molecule has 0 aromatic carbocycles. The van der Waals surface area contributed by atoms with Crippen LogP contribution in [0, 0.1) is 5.92 Å². The van der Waals surface area contributed by atoms with Gasteiger partial charge in [0.1, 0.15) is 6.04 Å². The molecule has 100 valence electrons. The van der Waals surface area contributed by atoms with Crippen LogP contribution in [-0.4, -0.2) is 42.9 Å². The van der Waals surface area contributed by atoms with E-state index in [0.29, 0.717) is 13.1 Å². The molecule has 0 saturated carbocycles. The van der Waals surface area contributed by atoms with Gasteiger partial charge < -0.3 is 5.11 Å². The van der Waals surface area contributed by atoms with Gasteiger partial charge >= 0.3 is 5.97 Å². The molecule has 6 nitrogen and oxygen atoms in total. The summed E-state index contributed by atoms with van der Waals surface area (Å²) >= 11 is 0. The van der Waals surface area contributed by atoms with Crippen molar-refractivity contribution in [2.24, 2.45) is 5.92 Å². The Labute approximate surface area is 102 Å². The summed E-state index contributed by atoms with van der Waals surface area (Å²) < 4.78 is 27.5. The summed E-state index contributed by atoms with van der Waals surface area (Å²) in [4.78, 5) is 11.0. The topological polar surface area (TPSA) is 86.7 Å². The third kappa shape index (κ3) is 3.93. The number of hydrogen-bond acceptors (Lipinski definition) is 3. The number of carbonyl (C=O) groups is 1. The Morgan fingerprint density at radius 1 is 1.24 bits per heavy atom. The molecule has 1 unspecified atom stereocenters. The molecular formula is C10H20N2O4S. The molecule has 1 aliphatic rings. The lowest BCUT2D eigenvalue weighted by atomic mass is 10.1. The second kappa shape index (κ2) is 5.79. The van der Waals surface area contributed by atoms with Crippen molar-refractivity contribution in [1.82, 2.24) is 9.03 Å². The van der Waals surface area contributed by atoms with Crippen molar-refractivity contribution in [3.63, 3.8) is 0 Å². The molecule has 0 amide bonds. The molecule has 0 radical (unpaired) electrons. The molecule has 0 aromatic heterocycles. The Morgan fingerprint density at radius 2 is 1.76 bits per heavy atom. The smallest absolute Gasteiger partial charge is 0.322 e. The van der Waals surface area contributed by atoms with Gasteiger partial charge in [-0.1, -0.05) is 20.3 Å². The van der Waals surface area contributed by atoms with E-state index in [0.717, 1.165) is 19.3 Å². The highest BCUT2D eigenvalue weighted by molar-refractivity contribution is 7.87. The number of hydrogen-bond donors (Lipinski definition) is 2. The van der Waals surface area contributed by atoms with Crippen molar-refractivity contribution in [3.8, 4) is 0 Å². The summed E-state index contributed by atoms with van der Waals surface area (Å²) in [5, 5.41) is 8.96. The number of piperidine rings is 1. The first kappa shape index (κ1) is 14.4. The van der Waals surface area contributed by atoms with Gasteiger partial charge in [-0.25, -0.2) is 0 Å². The summed E-state index contributed by atoms with van der Waals surface area (Å²) in [6, 6.07) is -1.07. The average molecular weight is 264 g/mol. The van der Waals surface area contributed by atoms with E-state index in [4.69, 9.17) is 5.11 Å². The number of rotatable bonds is 5. The second-order valence-corrected chi connectivity index (χ2v) is 6.34. The molecule has 1 rings (SSSR count). The summed E-state index contributed by atoms with van der Waals surface area (Å²) in [6.45, 7) is 4.30. The Bertz CT molecular complexity index is 361. The lowest BCUT2D eigenvalue weighted by Gasteiger charge is -2.28. The zero-order valence-electron chi connectivity index (χ0n) is 10.2. The van der Waals surface area contributed by atoms with Crippen molar-refractivity contribution in [1.29, 1.82) is 0 Å². The van der Waals surface area contributed by atoms with Crippen LogP contribution in [0.25, 0.3) is 0 Å². The van der Waals surface area contributed by atoms with Gasteiger partial charge in [0.25, 0.3) is 10.2 Å².